The molecule has 0 saturated heterocycles. The fourth-order valence-corrected chi connectivity index (χ4v) is 2.11. The molecule has 5 nitrogen and oxygen atoms in total. The van der Waals surface area contributed by atoms with Gasteiger partial charge in [-0.3, -0.25) is 0 Å². The lowest BCUT2D eigenvalue weighted by atomic mass is 10.2. The lowest BCUT2D eigenvalue weighted by molar-refractivity contribution is -0.144. The van der Waals surface area contributed by atoms with E-state index < -0.39 is 12.1 Å². The Morgan fingerprint density at radius 2 is 2.21 bits per heavy atom. The van der Waals surface area contributed by atoms with Crippen molar-refractivity contribution in [3.8, 4) is 11.5 Å². The number of carboxylic acids is 1. The van der Waals surface area contributed by atoms with Crippen LogP contribution in [0.1, 0.15) is 19.4 Å². The summed E-state index contributed by atoms with van der Waals surface area (Å²) < 4.78 is 11.6. The van der Waals surface area contributed by atoms with Crippen molar-refractivity contribution >= 4 is 21.9 Å². The van der Waals surface area contributed by atoms with Gasteiger partial charge in [-0.25, -0.2) is 4.79 Å². The molecule has 0 aliphatic rings. The molecule has 0 aromatic heterocycles. The quantitative estimate of drug-likeness (QED) is 0.803. The van der Waals surface area contributed by atoms with Crippen LogP contribution >= 0.6 is 15.9 Å². The van der Waals surface area contributed by atoms with Crippen LogP contribution in [0.3, 0.4) is 0 Å². The van der Waals surface area contributed by atoms with E-state index in [4.69, 9.17) is 14.6 Å². The minimum absolute atomic E-state index is 0.414. The molecule has 1 atom stereocenters. The van der Waals surface area contributed by atoms with Gasteiger partial charge in [0.05, 0.1) is 11.1 Å². The SMILES string of the molecule is CCOc1cc(CNC)cc(Br)c1OC(C)C(=O)O. The van der Waals surface area contributed by atoms with Gasteiger partial charge in [0.15, 0.2) is 17.6 Å². The van der Waals surface area contributed by atoms with Gasteiger partial charge in [0.2, 0.25) is 0 Å². The highest BCUT2D eigenvalue weighted by molar-refractivity contribution is 9.10. The molecule has 1 aromatic carbocycles. The number of benzene rings is 1. The summed E-state index contributed by atoms with van der Waals surface area (Å²) in [5.41, 5.74) is 1.02. The summed E-state index contributed by atoms with van der Waals surface area (Å²) in [6.45, 7) is 4.51. The standard InChI is InChI=1S/C13H18BrNO4/c1-4-18-11-6-9(7-15-3)5-10(14)12(11)19-8(2)13(16)17/h5-6,8,15H,4,7H2,1-3H3,(H,16,17). The van der Waals surface area contributed by atoms with Gasteiger partial charge in [0, 0.05) is 6.54 Å². The number of halogens is 1. The third-order valence-electron chi connectivity index (χ3n) is 2.39. The van der Waals surface area contributed by atoms with E-state index >= 15 is 0 Å². The maximum atomic E-state index is 10.9. The van der Waals surface area contributed by atoms with E-state index in [2.05, 4.69) is 21.2 Å². The Bertz CT molecular complexity index is 451. The van der Waals surface area contributed by atoms with Crippen molar-refractivity contribution in [2.24, 2.45) is 0 Å². The number of nitrogens with one attached hydrogen (secondary N) is 1. The molecular formula is C13H18BrNO4. The molecule has 0 amide bonds. The van der Waals surface area contributed by atoms with Crippen molar-refractivity contribution in [3.63, 3.8) is 0 Å². The molecule has 0 spiro atoms. The smallest absolute Gasteiger partial charge is 0.344 e. The number of carboxylic acid groups (broad SMARTS) is 1. The van der Waals surface area contributed by atoms with Gasteiger partial charge in [-0.2, -0.15) is 0 Å². The number of hydrogen-bond acceptors (Lipinski definition) is 4. The molecule has 0 bridgehead atoms. The largest absolute Gasteiger partial charge is 0.490 e. The minimum Gasteiger partial charge on any atom is -0.490 e. The van der Waals surface area contributed by atoms with Crippen LogP contribution in [0.4, 0.5) is 0 Å². The van der Waals surface area contributed by atoms with E-state index in [9.17, 15) is 4.79 Å². The van der Waals surface area contributed by atoms with Gasteiger partial charge in [0.1, 0.15) is 0 Å². The minimum atomic E-state index is -1.02. The first-order valence-corrected chi connectivity index (χ1v) is 6.78. The highest BCUT2D eigenvalue weighted by atomic mass is 79.9. The van der Waals surface area contributed by atoms with E-state index in [1.807, 2.05) is 26.1 Å². The van der Waals surface area contributed by atoms with Crippen molar-refractivity contribution in [1.29, 1.82) is 0 Å². The Balaban J connectivity index is 3.09. The van der Waals surface area contributed by atoms with E-state index in [1.54, 1.807) is 0 Å². The van der Waals surface area contributed by atoms with Crippen molar-refractivity contribution < 1.29 is 19.4 Å². The Morgan fingerprint density at radius 1 is 1.53 bits per heavy atom. The maximum Gasteiger partial charge on any atom is 0.344 e. The second-order valence-electron chi connectivity index (χ2n) is 3.97. The zero-order chi connectivity index (χ0) is 14.4. The second-order valence-corrected chi connectivity index (χ2v) is 4.82. The maximum absolute atomic E-state index is 10.9. The number of aliphatic carboxylic acids is 1. The summed E-state index contributed by atoms with van der Waals surface area (Å²) in [6.07, 6.45) is -0.939. The average molecular weight is 332 g/mol. The lowest BCUT2D eigenvalue weighted by Gasteiger charge is -2.17. The summed E-state index contributed by atoms with van der Waals surface area (Å²) in [7, 11) is 1.85. The highest BCUT2D eigenvalue weighted by Gasteiger charge is 2.19. The molecule has 0 saturated carbocycles. The summed E-state index contributed by atoms with van der Waals surface area (Å²) >= 11 is 3.39. The van der Waals surface area contributed by atoms with Gasteiger partial charge in [-0.1, -0.05) is 0 Å². The van der Waals surface area contributed by atoms with Crippen LogP contribution in [-0.4, -0.2) is 30.8 Å². The van der Waals surface area contributed by atoms with Crippen molar-refractivity contribution in [2.45, 2.75) is 26.5 Å². The predicted molar refractivity (Wildman–Crippen MR) is 75.8 cm³/mol. The first kappa shape index (κ1) is 15.8. The molecule has 1 rings (SSSR count). The third kappa shape index (κ3) is 4.40. The van der Waals surface area contributed by atoms with Gasteiger partial charge in [-0.15, -0.1) is 0 Å². The van der Waals surface area contributed by atoms with Crippen LogP contribution in [0.2, 0.25) is 0 Å². The normalized spacial score (nSPS) is 12.0. The van der Waals surface area contributed by atoms with Crippen LogP contribution in [0.25, 0.3) is 0 Å². The molecule has 1 aromatic rings. The highest BCUT2D eigenvalue weighted by Crippen LogP contribution is 2.37. The molecule has 0 radical (unpaired) electrons. The number of rotatable bonds is 7. The van der Waals surface area contributed by atoms with E-state index in [0.717, 1.165) is 5.56 Å². The Hall–Kier alpha value is -1.27. The Morgan fingerprint density at radius 3 is 2.74 bits per heavy atom. The van der Waals surface area contributed by atoms with E-state index in [-0.39, 0.29) is 0 Å². The van der Waals surface area contributed by atoms with Crippen molar-refractivity contribution in [3.05, 3.63) is 22.2 Å². The van der Waals surface area contributed by atoms with Crippen molar-refractivity contribution in [1.82, 2.24) is 5.32 Å². The zero-order valence-corrected chi connectivity index (χ0v) is 12.8. The molecule has 1 unspecified atom stereocenters. The Kier molecular flexibility index (Phi) is 6.11. The van der Waals surface area contributed by atoms with Crippen LogP contribution in [0, 0.1) is 0 Å². The summed E-state index contributed by atoms with van der Waals surface area (Å²) in [4.78, 5) is 10.9. The summed E-state index contributed by atoms with van der Waals surface area (Å²) in [5.74, 6) is -0.0690. The topological polar surface area (TPSA) is 67.8 Å². The summed E-state index contributed by atoms with van der Waals surface area (Å²) in [5, 5.41) is 12.0. The first-order valence-electron chi connectivity index (χ1n) is 5.98. The summed E-state index contributed by atoms with van der Waals surface area (Å²) in [6, 6.07) is 3.72. The van der Waals surface area contributed by atoms with Gasteiger partial charge >= 0.3 is 5.97 Å². The van der Waals surface area contributed by atoms with Crippen LogP contribution in [-0.2, 0) is 11.3 Å². The van der Waals surface area contributed by atoms with E-state index in [1.165, 1.54) is 6.92 Å². The first-order chi connectivity index (χ1) is 8.99. The zero-order valence-electron chi connectivity index (χ0n) is 11.2. The number of hydrogen-bond donors (Lipinski definition) is 2. The predicted octanol–water partition coefficient (Wildman–Crippen LogP) is 2.42. The monoisotopic (exact) mass is 331 g/mol. The molecular weight excluding hydrogens is 314 g/mol. The number of ether oxygens (including phenoxy) is 2. The van der Waals surface area contributed by atoms with Crippen molar-refractivity contribution in [2.75, 3.05) is 13.7 Å². The van der Waals surface area contributed by atoms with Crippen LogP contribution in [0.5, 0.6) is 11.5 Å². The second kappa shape index (κ2) is 7.35. The molecule has 0 fully saturated rings. The molecule has 6 heteroatoms. The Labute approximate surface area is 121 Å². The van der Waals surface area contributed by atoms with Gasteiger partial charge < -0.3 is 19.9 Å². The molecule has 0 aliphatic carbocycles. The van der Waals surface area contributed by atoms with Gasteiger partial charge in [0.25, 0.3) is 0 Å². The lowest BCUT2D eigenvalue weighted by Crippen LogP contribution is -2.23. The fourth-order valence-electron chi connectivity index (χ4n) is 1.53. The fraction of sp³-hybridized carbons (Fsp3) is 0.462. The molecule has 0 heterocycles. The molecule has 0 aliphatic heterocycles. The van der Waals surface area contributed by atoms with Crippen LogP contribution in [0.15, 0.2) is 16.6 Å². The van der Waals surface area contributed by atoms with Crippen LogP contribution < -0.4 is 14.8 Å². The molecule has 2 N–H and O–H groups in total. The third-order valence-corrected chi connectivity index (χ3v) is 2.98. The van der Waals surface area contributed by atoms with E-state index in [0.29, 0.717) is 29.1 Å². The molecule has 106 valence electrons. The number of carbonyl (C=O) groups is 1. The molecule has 19 heavy (non-hydrogen) atoms. The average Bonchev–Trinajstić information content (AvgIpc) is 2.34. The van der Waals surface area contributed by atoms with Gasteiger partial charge in [-0.05, 0) is 54.5 Å².